The summed E-state index contributed by atoms with van der Waals surface area (Å²) in [5.41, 5.74) is 2.60. The van der Waals surface area contributed by atoms with Crippen LogP contribution in [0.5, 0.6) is 0 Å². The van der Waals surface area contributed by atoms with E-state index in [0.717, 1.165) is 31.4 Å². The molecule has 0 unspecified atom stereocenters. The van der Waals surface area contributed by atoms with E-state index in [1.165, 1.54) is 16.1 Å². The van der Waals surface area contributed by atoms with Crippen molar-refractivity contribution in [1.82, 2.24) is 4.98 Å². The fourth-order valence-corrected chi connectivity index (χ4v) is 3.27. The van der Waals surface area contributed by atoms with Crippen LogP contribution in [0.1, 0.15) is 17.4 Å². The van der Waals surface area contributed by atoms with E-state index in [2.05, 4.69) is 53.3 Å². The van der Waals surface area contributed by atoms with Crippen molar-refractivity contribution >= 4 is 22.2 Å². The lowest BCUT2D eigenvalue weighted by Gasteiger charge is -2.34. The molecule has 0 amide bonds. The molecule has 1 aliphatic heterocycles. The summed E-state index contributed by atoms with van der Waals surface area (Å²) >= 11 is 1.69. The molecule has 1 aliphatic rings. The van der Waals surface area contributed by atoms with Crippen LogP contribution in [0.15, 0.2) is 30.5 Å². The van der Waals surface area contributed by atoms with Crippen LogP contribution in [-0.2, 0) is 11.3 Å². The number of hydrogen-bond acceptors (Lipinski definition) is 5. The Labute approximate surface area is 129 Å². The second-order valence-electron chi connectivity index (χ2n) is 5.39. The van der Waals surface area contributed by atoms with Gasteiger partial charge in [0.25, 0.3) is 0 Å². The maximum Gasteiger partial charge on any atom is 0.183 e. The normalized spacial score (nSPS) is 18.8. The van der Waals surface area contributed by atoms with Gasteiger partial charge in [0.05, 0.1) is 12.7 Å². The predicted molar refractivity (Wildman–Crippen MR) is 88.2 cm³/mol. The van der Waals surface area contributed by atoms with Crippen molar-refractivity contribution in [3.8, 4) is 0 Å². The van der Waals surface area contributed by atoms with Crippen LogP contribution in [0.3, 0.4) is 0 Å². The smallest absolute Gasteiger partial charge is 0.183 e. The van der Waals surface area contributed by atoms with E-state index in [0.29, 0.717) is 6.10 Å². The van der Waals surface area contributed by atoms with Gasteiger partial charge in [-0.2, -0.15) is 0 Å². The topological polar surface area (TPSA) is 37.4 Å². The van der Waals surface area contributed by atoms with Gasteiger partial charge in [0.2, 0.25) is 0 Å². The molecule has 2 heterocycles. The molecule has 0 spiro atoms. The summed E-state index contributed by atoms with van der Waals surface area (Å²) in [7, 11) is 0. The standard InChI is InChI=1S/C16H21N3OS/c1-12-11-19(7-8-20-12)15-6-4-3-5-14(15)10-18-16-17-9-13(2)21-16/h3-6,9,12H,7-8,10-11H2,1-2H3,(H,17,18)/t12-/m0/s1. The highest BCUT2D eigenvalue weighted by molar-refractivity contribution is 7.15. The molecule has 3 rings (SSSR count). The molecular formula is C16H21N3OS. The summed E-state index contributed by atoms with van der Waals surface area (Å²) in [4.78, 5) is 8.00. The molecule has 4 nitrogen and oxygen atoms in total. The van der Waals surface area contributed by atoms with Crippen LogP contribution >= 0.6 is 11.3 Å². The largest absolute Gasteiger partial charge is 0.375 e. The van der Waals surface area contributed by atoms with E-state index in [9.17, 15) is 0 Å². The van der Waals surface area contributed by atoms with Gasteiger partial charge in [0, 0.05) is 36.4 Å². The van der Waals surface area contributed by atoms with Crippen molar-refractivity contribution in [3.63, 3.8) is 0 Å². The molecule has 112 valence electrons. The summed E-state index contributed by atoms with van der Waals surface area (Å²) in [5.74, 6) is 0. The molecule has 2 aromatic rings. The minimum Gasteiger partial charge on any atom is -0.375 e. The average molecular weight is 303 g/mol. The van der Waals surface area contributed by atoms with E-state index >= 15 is 0 Å². The minimum absolute atomic E-state index is 0.293. The summed E-state index contributed by atoms with van der Waals surface area (Å²) in [6.45, 7) is 7.71. The van der Waals surface area contributed by atoms with Crippen LogP contribution in [0, 0.1) is 6.92 Å². The Morgan fingerprint density at radius 2 is 2.29 bits per heavy atom. The van der Waals surface area contributed by atoms with E-state index in [4.69, 9.17) is 4.74 Å². The number of anilines is 2. The molecule has 0 aliphatic carbocycles. The highest BCUT2D eigenvalue weighted by atomic mass is 32.1. The number of benzene rings is 1. The summed E-state index contributed by atoms with van der Waals surface area (Å²) in [5, 5.41) is 4.41. The Kier molecular flexibility index (Phi) is 4.41. The van der Waals surface area contributed by atoms with E-state index in [-0.39, 0.29) is 0 Å². The van der Waals surface area contributed by atoms with E-state index in [1.807, 2.05) is 6.20 Å². The van der Waals surface area contributed by atoms with Crippen LogP contribution < -0.4 is 10.2 Å². The Morgan fingerprint density at radius 1 is 1.43 bits per heavy atom. The molecule has 1 aromatic carbocycles. The van der Waals surface area contributed by atoms with Crippen molar-refractivity contribution in [3.05, 3.63) is 40.9 Å². The molecule has 0 bridgehead atoms. The predicted octanol–water partition coefficient (Wildman–Crippen LogP) is 3.29. The summed E-state index contributed by atoms with van der Waals surface area (Å²) < 4.78 is 5.64. The van der Waals surface area contributed by atoms with Gasteiger partial charge in [0.1, 0.15) is 0 Å². The molecule has 1 fully saturated rings. The lowest BCUT2D eigenvalue weighted by molar-refractivity contribution is 0.0532. The lowest BCUT2D eigenvalue weighted by Crippen LogP contribution is -2.41. The van der Waals surface area contributed by atoms with Gasteiger partial charge in [-0.1, -0.05) is 18.2 Å². The van der Waals surface area contributed by atoms with Gasteiger partial charge in [-0.15, -0.1) is 11.3 Å². The number of rotatable bonds is 4. The van der Waals surface area contributed by atoms with Crippen molar-refractivity contribution in [2.75, 3.05) is 29.9 Å². The zero-order chi connectivity index (χ0) is 14.7. The van der Waals surface area contributed by atoms with Crippen molar-refractivity contribution in [2.45, 2.75) is 26.5 Å². The average Bonchev–Trinajstić information content (AvgIpc) is 2.91. The second kappa shape index (κ2) is 6.45. The van der Waals surface area contributed by atoms with Gasteiger partial charge in [-0.05, 0) is 25.5 Å². The first-order chi connectivity index (χ1) is 10.2. The number of aromatic nitrogens is 1. The maximum atomic E-state index is 5.64. The molecule has 0 radical (unpaired) electrons. The number of aryl methyl sites for hydroxylation is 1. The number of para-hydroxylation sites is 1. The maximum absolute atomic E-state index is 5.64. The first kappa shape index (κ1) is 14.4. The zero-order valence-corrected chi connectivity index (χ0v) is 13.3. The molecule has 1 atom stereocenters. The van der Waals surface area contributed by atoms with Crippen LogP contribution in [0.2, 0.25) is 0 Å². The van der Waals surface area contributed by atoms with Gasteiger partial charge < -0.3 is 15.0 Å². The number of nitrogens with one attached hydrogen (secondary N) is 1. The number of thiazole rings is 1. The monoisotopic (exact) mass is 303 g/mol. The quantitative estimate of drug-likeness (QED) is 0.940. The van der Waals surface area contributed by atoms with Crippen molar-refractivity contribution in [1.29, 1.82) is 0 Å². The zero-order valence-electron chi connectivity index (χ0n) is 12.5. The molecule has 1 aromatic heterocycles. The molecule has 1 N–H and O–H groups in total. The summed E-state index contributed by atoms with van der Waals surface area (Å²) in [6, 6.07) is 8.58. The fourth-order valence-electron chi connectivity index (χ4n) is 2.61. The Balaban J connectivity index is 1.72. The molecule has 21 heavy (non-hydrogen) atoms. The lowest BCUT2D eigenvalue weighted by atomic mass is 10.1. The number of nitrogens with zero attached hydrogens (tertiary/aromatic N) is 2. The third-order valence-electron chi connectivity index (χ3n) is 3.62. The van der Waals surface area contributed by atoms with Crippen molar-refractivity contribution < 1.29 is 4.74 Å². The van der Waals surface area contributed by atoms with E-state index < -0.39 is 0 Å². The van der Waals surface area contributed by atoms with E-state index in [1.54, 1.807) is 11.3 Å². The molecule has 1 saturated heterocycles. The first-order valence-corrected chi connectivity index (χ1v) is 8.15. The minimum atomic E-state index is 0.293. The third-order valence-corrected chi connectivity index (χ3v) is 4.50. The van der Waals surface area contributed by atoms with Gasteiger partial charge >= 0.3 is 0 Å². The Bertz CT molecular complexity index is 599. The second-order valence-corrected chi connectivity index (χ2v) is 6.62. The van der Waals surface area contributed by atoms with Crippen LogP contribution in [0.4, 0.5) is 10.8 Å². The molecule has 5 heteroatoms. The number of morpholine rings is 1. The van der Waals surface area contributed by atoms with Gasteiger partial charge in [0.15, 0.2) is 5.13 Å². The van der Waals surface area contributed by atoms with Crippen LogP contribution in [0.25, 0.3) is 0 Å². The Hall–Kier alpha value is -1.59. The molecule has 0 saturated carbocycles. The first-order valence-electron chi connectivity index (χ1n) is 7.33. The highest BCUT2D eigenvalue weighted by Crippen LogP contribution is 2.24. The SMILES string of the molecule is Cc1cnc(NCc2ccccc2N2CCO[C@@H](C)C2)s1. The van der Waals surface area contributed by atoms with Crippen molar-refractivity contribution in [2.24, 2.45) is 0 Å². The van der Waals surface area contributed by atoms with Crippen LogP contribution in [-0.4, -0.2) is 30.8 Å². The summed E-state index contributed by atoms with van der Waals surface area (Å²) in [6.07, 6.45) is 2.20. The highest BCUT2D eigenvalue weighted by Gasteiger charge is 2.18. The molecular weight excluding hydrogens is 282 g/mol. The number of ether oxygens (including phenoxy) is 1. The Morgan fingerprint density at radius 3 is 3.05 bits per heavy atom. The van der Waals surface area contributed by atoms with Gasteiger partial charge in [-0.3, -0.25) is 0 Å². The third kappa shape index (κ3) is 3.54. The fraction of sp³-hybridized carbons (Fsp3) is 0.438. The van der Waals surface area contributed by atoms with Gasteiger partial charge in [-0.25, -0.2) is 4.98 Å². The number of hydrogen-bond donors (Lipinski definition) is 1.